The summed E-state index contributed by atoms with van der Waals surface area (Å²) in [5, 5.41) is 0.751. The molecule has 0 bridgehead atoms. The van der Waals surface area contributed by atoms with Gasteiger partial charge in [0.05, 0.1) is 0 Å². The van der Waals surface area contributed by atoms with Crippen LogP contribution in [0.15, 0.2) is 49.6 Å². The largest absolute Gasteiger partial charge is 0.364 e. The van der Waals surface area contributed by atoms with E-state index in [4.69, 9.17) is 11.6 Å². The third kappa shape index (κ3) is 2.93. The summed E-state index contributed by atoms with van der Waals surface area (Å²) in [6.07, 6.45) is 3.73. The minimum atomic E-state index is 0.751. The van der Waals surface area contributed by atoms with Crippen LogP contribution in [0, 0.1) is 0 Å². The van der Waals surface area contributed by atoms with Crippen LogP contribution in [-0.4, -0.2) is 13.1 Å². The first-order chi connectivity index (χ1) is 6.77. The summed E-state index contributed by atoms with van der Waals surface area (Å²) in [5.74, 6) is 0. The van der Waals surface area contributed by atoms with Crippen molar-refractivity contribution in [2.24, 2.45) is 0 Å². The van der Waals surface area contributed by atoms with E-state index in [1.165, 1.54) is 0 Å². The Labute approximate surface area is 90.3 Å². The van der Waals surface area contributed by atoms with Gasteiger partial charge in [0, 0.05) is 23.8 Å². The smallest absolute Gasteiger partial charge is 0.0426 e. The number of hydrogen-bond donors (Lipinski definition) is 0. The minimum absolute atomic E-state index is 0.751. The molecule has 2 heteroatoms. The average molecular weight is 208 g/mol. The summed E-state index contributed by atoms with van der Waals surface area (Å²) in [7, 11) is 0. The summed E-state index contributed by atoms with van der Waals surface area (Å²) in [4.78, 5) is 2.14. The fourth-order valence-electron chi connectivity index (χ4n) is 1.27. The fourth-order valence-corrected chi connectivity index (χ4v) is 1.45. The van der Waals surface area contributed by atoms with Gasteiger partial charge < -0.3 is 4.90 Å². The van der Waals surface area contributed by atoms with Gasteiger partial charge in [0.15, 0.2) is 0 Å². The molecule has 1 aromatic rings. The zero-order chi connectivity index (χ0) is 10.4. The zero-order valence-electron chi connectivity index (χ0n) is 8.12. The number of rotatable bonds is 5. The maximum absolute atomic E-state index is 5.91. The molecule has 14 heavy (non-hydrogen) atoms. The standard InChI is InChI=1S/C12H14ClN/c1-3-8-14(9-4-2)12-7-5-6-11(13)10-12/h3-7,10H,1-2,8-9H2. The molecule has 0 N–H and O–H groups in total. The molecular weight excluding hydrogens is 194 g/mol. The van der Waals surface area contributed by atoms with Crippen LogP contribution in [0.2, 0.25) is 5.02 Å². The minimum Gasteiger partial charge on any atom is -0.364 e. The van der Waals surface area contributed by atoms with Crippen molar-refractivity contribution in [1.82, 2.24) is 0 Å². The monoisotopic (exact) mass is 207 g/mol. The van der Waals surface area contributed by atoms with Gasteiger partial charge in [-0.1, -0.05) is 29.8 Å². The first-order valence-corrected chi connectivity index (χ1v) is 4.88. The lowest BCUT2D eigenvalue weighted by atomic mass is 10.3. The highest BCUT2D eigenvalue weighted by Gasteiger charge is 2.02. The summed E-state index contributed by atoms with van der Waals surface area (Å²) < 4.78 is 0. The van der Waals surface area contributed by atoms with Crippen molar-refractivity contribution >= 4 is 17.3 Å². The lowest BCUT2D eigenvalue weighted by molar-refractivity contribution is 0.957. The van der Waals surface area contributed by atoms with E-state index in [2.05, 4.69) is 18.1 Å². The van der Waals surface area contributed by atoms with Crippen LogP contribution in [0.1, 0.15) is 0 Å². The predicted octanol–water partition coefficient (Wildman–Crippen LogP) is 3.52. The van der Waals surface area contributed by atoms with E-state index in [1.54, 1.807) is 0 Å². The van der Waals surface area contributed by atoms with Crippen LogP contribution in [0.3, 0.4) is 0 Å². The number of benzene rings is 1. The van der Waals surface area contributed by atoms with Crippen LogP contribution in [0.4, 0.5) is 5.69 Å². The molecule has 0 saturated heterocycles. The molecule has 0 aromatic heterocycles. The Morgan fingerprint density at radius 3 is 2.36 bits per heavy atom. The Bertz CT molecular complexity index is 310. The molecule has 74 valence electrons. The molecule has 0 amide bonds. The van der Waals surface area contributed by atoms with Crippen molar-refractivity contribution in [1.29, 1.82) is 0 Å². The summed E-state index contributed by atoms with van der Waals surface area (Å²) >= 11 is 5.91. The molecule has 1 nitrogen and oxygen atoms in total. The third-order valence-corrected chi connectivity index (χ3v) is 2.11. The lowest BCUT2D eigenvalue weighted by Gasteiger charge is -2.21. The molecular formula is C12H14ClN. The third-order valence-electron chi connectivity index (χ3n) is 1.87. The topological polar surface area (TPSA) is 3.24 Å². The summed E-state index contributed by atoms with van der Waals surface area (Å²) in [6, 6.07) is 7.77. The second kappa shape index (κ2) is 5.51. The van der Waals surface area contributed by atoms with E-state index >= 15 is 0 Å². The lowest BCUT2D eigenvalue weighted by Crippen LogP contribution is -2.22. The molecule has 0 saturated carbocycles. The second-order valence-electron chi connectivity index (χ2n) is 2.96. The summed E-state index contributed by atoms with van der Waals surface area (Å²) in [5.41, 5.74) is 1.09. The van der Waals surface area contributed by atoms with Crippen molar-refractivity contribution in [2.45, 2.75) is 0 Å². The maximum Gasteiger partial charge on any atom is 0.0426 e. The van der Waals surface area contributed by atoms with Gasteiger partial charge in [0.1, 0.15) is 0 Å². The number of anilines is 1. The molecule has 0 aliphatic carbocycles. The first-order valence-electron chi connectivity index (χ1n) is 4.50. The van der Waals surface area contributed by atoms with Gasteiger partial charge in [0.25, 0.3) is 0 Å². The molecule has 1 rings (SSSR count). The predicted molar refractivity (Wildman–Crippen MR) is 64.1 cm³/mol. The fraction of sp³-hybridized carbons (Fsp3) is 0.167. The Morgan fingerprint density at radius 1 is 1.21 bits per heavy atom. The van der Waals surface area contributed by atoms with E-state index in [0.29, 0.717) is 0 Å². The van der Waals surface area contributed by atoms with Crippen LogP contribution in [0.5, 0.6) is 0 Å². The van der Waals surface area contributed by atoms with Crippen molar-refractivity contribution in [2.75, 3.05) is 18.0 Å². The molecule has 1 aromatic carbocycles. The molecule has 0 unspecified atom stereocenters. The molecule has 0 aliphatic heterocycles. The molecule has 0 aliphatic rings. The Morgan fingerprint density at radius 2 is 1.86 bits per heavy atom. The highest BCUT2D eigenvalue weighted by Crippen LogP contribution is 2.19. The molecule has 0 fully saturated rings. The van der Waals surface area contributed by atoms with Gasteiger partial charge in [-0.05, 0) is 18.2 Å². The molecule has 0 radical (unpaired) electrons. The Kier molecular flexibility index (Phi) is 4.27. The SMILES string of the molecule is C=CCN(CC=C)c1cccc(Cl)c1. The second-order valence-corrected chi connectivity index (χ2v) is 3.40. The van der Waals surface area contributed by atoms with E-state index in [-0.39, 0.29) is 0 Å². The van der Waals surface area contributed by atoms with Gasteiger partial charge in [0.2, 0.25) is 0 Å². The van der Waals surface area contributed by atoms with E-state index in [1.807, 2.05) is 36.4 Å². The van der Waals surface area contributed by atoms with Gasteiger partial charge >= 0.3 is 0 Å². The number of halogens is 1. The van der Waals surface area contributed by atoms with E-state index in [0.717, 1.165) is 23.8 Å². The van der Waals surface area contributed by atoms with E-state index < -0.39 is 0 Å². The van der Waals surface area contributed by atoms with Gasteiger partial charge in [-0.2, -0.15) is 0 Å². The number of nitrogens with zero attached hydrogens (tertiary/aromatic N) is 1. The van der Waals surface area contributed by atoms with E-state index in [9.17, 15) is 0 Å². The summed E-state index contributed by atoms with van der Waals surface area (Å²) in [6.45, 7) is 9.04. The Balaban J connectivity index is 2.85. The number of hydrogen-bond acceptors (Lipinski definition) is 1. The highest BCUT2D eigenvalue weighted by atomic mass is 35.5. The van der Waals surface area contributed by atoms with Crippen molar-refractivity contribution in [3.05, 3.63) is 54.6 Å². The normalized spacial score (nSPS) is 9.50. The van der Waals surface area contributed by atoms with Crippen LogP contribution in [-0.2, 0) is 0 Å². The van der Waals surface area contributed by atoms with Gasteiger partial charge in [-0.3, -0.25) is 0 Å². The van der Waals surface area contributed by atoms with Crippen LogP contribution in [0.25, 0.3) is 0 Å². The quantitative estimate of drug-likeness (QED) is 0.668. The highest BCUT2D eigenvalue weighted by molar-refractivity contribution is 6.30. The van der Waals surface area contributed by atoms with Crippen molar-refractivity contribution in [3.63, 3.8) is 0 Å². The van der Waals surface area contributed by atoms with Gasteiger partial charge in [-0.25, -0.2) is 0 Å². The first kappa shape index (κ1) is 10.9. The van der Waals surface area contributed by atoms with Gasteiger partial charge in [-0.15, -0.1) is 13.2 Å². The average Bonchev–Trinajstić information content (AvgIpc) is 2.17. The van der Waals surface area contributed by atoms with Crippen LogP contribution < -0.4 is 4.90 Å². The molecule has 0 atom stereocenters. The zero-order valence-corrected chi connectivity index (χ0v) is 8.87. The maximum atomic E-state index is 5.91. The van der Waals surface area contributed by atoms with Crippen molar-refractivity contribution in [3.8, 4) is 0 Å². The Hall–Kier alpha value is -1.21. The van der Waals surface area contributed by atoms with Crippen molar-refractivity contribution < 1.29 is 0 Å². The van der Waals surface area contributed by atoms with Crippen LogP contribution >= 0.6 is 11.6 Å². The molecule has 0 spiro atoms. The molecule has 0 heterocycles.